The molecule has 0 fully saturated rings. The van der Waals surface area contributed by atoms with Crippen LogP contribution in [0, 0.1) is 6.92 Å². The molecule has 1 aromatic carbocycles. The molecule has 1 heterocycles. The van der Waals surface area contributed by atoms with Crippen molar-refractivity contribution in [2.75, 3.05) is 34.8 Å². The Kier molecular flexibility index (Phi) is 6.41. The second kappa shape index (κ2) is 8.53. The number of hydrogen-bond donors (Lipinski definition) is 1. The number of urea groups is 1. The summed E-state index contributed by atoms with van der Waals surface area (Å²) in [7, 11) is 7.36. The molecule has 1 atom stereocenters. The van der Waals surface area contributed by atoms with Crippen LogP contribution >= 0.6 is 0 Å². The van der Waals surface area contributed by atoms with E-state index in [1.54, 1.807) is 19.1 Å². The van der Waals surface area contributed by atoms with Gasteiger partial charge in [0.05, 0.1) is 19.7 Å². The predicted octanol–water partition coefficient (Wildman–Crippen LogP) is 2.44. The number of carbonyl (C=O) groups is 1. The Morgan fingerprint density at radius 1 is 1.28 bits per heavy atom. The van der Waals surface area contributed by atoms with Crippen LogP contribution in [0.25, 0.3) is 0 Å². The van der Waals surface area contributed by atoms with E-state index >= 15 is 0 Å². The molecule has 136 valence electrons. The number of likely N-dealkylation sites (N-methyl/N-ethyl adjacent to an activating group) is 1. The summed E-state index contributed by atoms with van der Waals surface area (Å²) < 4.78 is 10.2. The highest BCUT2D eigenvalue weighted by molar-refractivity contribution is 5.73. The fourth-order valence-electron chi connectivity index (χ4n) is 2.55. The molecular weight excluding hydrogens is 320 g/mol. The van der Waals surface area contributed by atoms with Gasteiger partial charge in [0.15, 0.2) is 0 Å². The first kappa shape index (κ1) is 18.8. The maximum Gasteiger partial charge on any atom is 0.317 e. The largest absolute Gasteiger partial charge is 0.497 e. The molecule has 25 heavy (non-hydrogen) atoms. The van der Waals surface area contributed by atoms with Gasteiger partial charge in [0.2, 0.25) is 0 Å². The van der Waals surface area contributed by atoms with Gasteiger partial charge in [-0.3, -0.25) is 0 Å². The van der Waals surface area contributed by atoms with Crippen LogP contribution in [-0.4, -0.2) is 55.8 Å². The molecule has 0 saturated carbocycles. The number of nitrogens with zero attached hydrogens (tertiary/aromatic N) is 3. The smallest absolute Gasteiger partial charge is 0.317 e. The van der Waals surface area contributed by atoms with Gasteiger partial charge in [-0.15, -0.1) is 0 Å². The zero-order valence-electron chi connectivity index (χ0n) is 15.4. The number of ether oxygens (including phenoxy) is 1. The third-order valence-electron chi connectivity index (χ3n) is 3.99. The third-order valence-corrected chi connectivity index (χ3v) is 3.99. The molecule has 0 bridgehead atoms. The van der Waals surface area contributed by atoms with Crippen molar-refractivity contribution < 1.29 is 14.1 Å². The van der Waals surface area contributed by atoms with Gasteiger partial charge in [-0.05, 0) is 38.7 Å². The Morgan fingerprint density at radius 3 is 2.48 bits per heavy atom. The van der Waals surface area contributed by atoms with E-state index in [1.165, 1.54) is 0 Å². The number of aromatic nitrogens is 1. The summed E-state index contributed by atoms with van der Waals surface area (Å²) in [5.41, 5.74) is 1.84. The molecule has 1 aromatic heterocycles. The standard InChI is InChI=1S/C18H26N4O3/c1-13-10-15(20-25-13)12-22(4)18(23)19-11-17(21(2)3)14-6-8-16(24-5)9-7-14/h6-10,17H,11-12H2,1-5H3,(H,19,23). The Balaban J connectivity index is 1.94. The second-order valence-electron chi connectivity index (χ2n) is 6.22. The summed E-state index contributed by atoms with van der Waals surface area (Å²) in [5.74, 6) is 1.55. The Bertz CT molecular complexity index is 682. The van der Waals surface area contributed by atoms with Crippen LogP contribution in [0.15, 0.2) is 34.9 Å². The summed E-state index contributed by atoms with van der Waals surface area (Å²) in [6.07, 6.45) is 0. The molecule has 2 aromatic rings. The lowest BCUT2D eigenvalue weighted by Gasteiger charge is -2.26. The van der Waals surface area contributed by atoms with E-state index in [9.17, 15) is 4.79 Å². The van der Waals surface area contributed by atoms with Crippen LogP contribution in [0.2, 0.25) is 0 Å². The predicted molar refractivity (Wildman–Crippen MR) is 95.5 cm³/mol. The Morgan fingerprint density at radius 2 is 1.96 bits per heavy atom. The summed E-state index contributed by atoms with van der Waals surface area (Å²) >= 11 is 0. The highest BCUT2D eigenvalue weighted by Crippen LogP contribution is 2.20. The first-order valence-corrected chi connectivity index (χ1v) is 8.12. The highest BCUT2D eigenvalue weighted by atomic mass is 16.5. The number of hydrogen-bond acceptors (Lipinski definition) is 5. The number of nitrogens with one attached hydrogen (secondary N) is 1. The lowest BCUT2D eigenvalue weighted by molar-refractivity contribution is 0.199. The van der Waals surface area contributed by atoms with Gasteiger partial charge in [-0.2, -0.15) is 0 Å². The van der Waals surface area contributed by atoms with Crippen molar-refractivity contribution >= 4 is 6.03 Å². The van der Waals surface area contributed by atoms with Crippen LogP contribution in [0.5, 0.6) is 5.75 Å². The van der Waals surface area contributed by atoms with E-state index in [0.717, 1.165) is 22.8 Å². The van der Waals surface area contributed by atoms with Crippen LogP contribution < -0.4 is 10.1 Å². The molecule has 0 aliphatic rings. The van der Waals surface area contributed by atoms with Crippen molar-refractivity contribution in [1.82, 2.24) is 20.3 Å². The van der Waals surface area contributed by atoms with E-state index in [2.05, 4.69) is 15.4 Å². The monoisotopic (exact) mass is 346 g/mol. The summed E-state index contributed by atoms with van der Waals surface area (Å²) in [6, 6.07) is 9.61. The maximum atomic E-state index is 12.3. The SMILES string of the molecule is COc1ccc(C(CNC(=O)N(C)Cc2cc(C)on2)N(C)C)cc1. The second-order valence-corrected chi connectivity index (χ2v) is 6.22. The zero-order valence-corrected chi connectivity index (χ0v) is 15.4. The highest BCUT2D eigenvalue weighted by Gasteiger charge is 2.17. The van der Waals surface area contributed by atoms with Crippen molar-refractivity contribution in [1.29, 1.82) is 0 Å². The first-order chi connectivity index (χ1) is 11.9. The molecule has 0 radical (unpaired) electrons. The number of carbonyl (C=O) groups excluding carboxylic acids is 1. The van der Waals surface area contributed by atoms with Gasteiger partial charge < -0.3 is 24.4 Å². The van der Waals surface area contributed by atoms with Crippen molar-refractivity contribution in [3.05, 3.63) is 47.3 Å². The van der Waals surface area contributed by atoms with Gasteiger partial charge in [-0.25, -0.2) is 4.79 Å². The van der Waals surface area contributed by atoms with Gasteiger partial charge in [0.1, 0.15) is 17.2 Å². The lowest BCUT2D eigenvalue weighted by Crippen LogP contribution is -2.41. The number of rotatable bonds is 7. The third kappa shape index (κ3) is 5.22. The number of aryl methyl sites for hydroxylation is 1. The zero-order chi connectivity index (χ0) is 18.4. The van der Waals surface area contributed by atoms with Gasteiger partial charge in [-0.1, -0.05) is 17.3 Å². The summed E-state index contributed by atoms with van der Waals surface area (Å²) in [4.78, 5) is 16.0. The van der Waals surface area contributed by atoms with E-state index in [-0.39, 0.29) is 12.1 Å². The minimum absolute atomic E-state index is 0.0672. The van der Waals surface area contributed by atoms with E-state index in [0.29, 0.717) is 13.1 Å². The van der Waals surface area contributed by atoms with E-state index in [1.807, 2.05) is 51.4 Å². The average Bonchev–Trinajstić information content (AvgIpc) is 3.00. The summed E-state index contributed by atoms with van der Waals surface area (Å²) in [6.45, 7) is 2.73. The van der Waals surface area contributed by atoms with E-state index in [4.69, 9.17) is 9.26 Å². The molecule has 2 rings (SSSR count). The fourth-order valence-corrected chi connectivity index (χ4v) is 2.55. The maximum absolute atomic E-state index is 12.3. The van der Waals surface area contributed by atoms with E-state index < -0.39 is 0 Å². The Hall–Kier alpha value is -2.54. The molecule has 0 spiro atoms. The molecule has 7 heteroatoms. The van der Waals surface area contributed by atoms with Gasteiger partial charge in [0.25, 0.3) is 0 Å². The quantitative estimate of drug-likeness (QED) is 0.834. The van der Waals surface area contributed by atoms with Crippen molar-refractivity contribution in [2.24, 2.45) is 0 Å². The Labute approximate surface area is 148 Å². The van der Waals surface area contributed by atoms with Crippen molar-refractivity contribution in [3.63, 3.8) is 0 Å². The fraction of sp³-hybridized carbons (Fsp3) is 0.444. The molecular formula is C18H26N4O3. The van der Waals surface area contributed by atoms with Gasteiger partial charge >= 0.3 is 6.03 Å². The molecule has 1 N–H and O–H groups in total. The first-order valence-electron chi connectivity index (χ1n) is 8.12. The minimum Gasteiger partial charge on any atom is -0.497 e. The molecule has 7 nitrogen and oxygen atoms in total. The normalized spacial score (nSPS) is 12.1. The van der Waals surface area contributed by atoms with Crippen LogP contribution in [0.3, 0.4) is 0 Å². The molecule has 2 amide bonds. The van der Waals surface area contributed by atoms with Crippen LogP contribution in [0.1, 0.15) is 23.1 Å². The molecule has 0 aliphatic heterocycles. The van der Waals surface area contributed by atoms with Crippen LogP contribution in [0.4, 0.5) is 4.79 Å². The average molecular weight is 346 g/mol. The minimum atomic E-state index is -0.152. The number of amides is 2. The molecule has 0 aliphatic carbocycles. The van der Waals surface area contributed by atoms with Crippen molar-refractivity contribution in [3.8, 4) is 5.75 Å². The summed E-state index contributed by atoms with van der Waals surface area (Å²) in [5, 5.41) is 6.88. The number of methoxy groups -OCH3 is 1. The van der Waals surface area contributed by atoms with Crippen molar-refractivity contribution in [2.45, 2.75) is 19.5 Å². The molecule has 0 saturated heterocycles. The van der Waals surface area contributed by atoms with Crippen LogP contribution in [-0.2, 0) is 6.54 Å². The van der Waals surface area contributed by atoms with Gasteiger partial charge in [0, 0.05) is 19.7 Å². The number of benzene rings is 1. The lowest BCUT2D eigenvalue weighted by atomic mass is 10.1. The topological polar surface area (TPSA) is 70.8 Å². The molecule has 1 unspecified atom stereocenters.